The summed E-state index contributed by atoms with van der Waals surface area (Å²) >= 11 is 36.1. The number of carboxylic acids is 1. The van der Waals surface area contributed by atoms with E-state index in [1.165, 1.54) is 6.92 Å². The molecule has 2 fully saturated rings. The van der Waals surface area contributed by atoms with Gasteiger partial charge >= 0.3 is 30.5 Å². The smallest absolute Gasteiger partial charge is 0.435 e. The Bertz CT molecular complexity index is 2330. The van der Waals surface area contributed by atoms with Gasteiger partial charge in [0.2, 0.25) is 0 Å². The average Bonchev–Trinajstić information content (AvgIpc) is 3.96. The summed E-state index contributed by atoms with van der Waals surface area (Å²) in [5, 5.41) is 7.68. The van der Waals surface area contributed by atoms with Crippen LogP contribution >= 0.6 is 92.3 Å². The second kappa shape index (κ2) is 17.9. The molecule has 0 spiro atoms. The monoisotopic (exact) mass is 1050 g/mol. The van der Waals surface area contributed by atoms with E-state index in [0.29, 0.717) is 29.6 Å². The van der Waals surface area contributed by atoms with Crippen molar-refractivity contribution in [1.29, 1.82) is 0 Å². The van der Waals surface area contributed by atoms with Crippen molar-refractivity contribution >= 4 is 114 Å². The van der Waals surface area contributed by atoms with E-state index in [9.17, 15) is 63.0 Å². The Morgan fingerprint density at radius 1 is 0.694 bits per heavy atom. The first kappa shape index (κ1) is 50.2. The third-order valence-corrected chi connectivity index (χ3v) is 14.4. The van der Waals surface area contributed by atoms with Crippen molar-refractivity contribution in [2.75, 3.05) is 42.6 Å². The van der Waals surface area contributed by atoms with Crippen LogP contribution in [0.25, 0.3) is 0 Å². The first-order chi connectivity index (χ1) is 28.4. The number of hydrogen-bond acceptors (Lipinski definition) is 9. The second-order valence-corrected chi connectivity index (χ2v) is 18.1. The number of halogens is 17. The number of esters is 1. The average molecular weight is 1050 g/mol. The maximum absolute atomic E-state index is 14.2. The van der Waals surface area contributed by atoms with Gasteiger partial charge < -0.3 is 19.6 Å². The van der Waals surface area contributed by atoms with Crippen LogP contribution < -0.4 is 9.80 Å². The van der Waals surface area contributed by atoms with E-state index >= 15 is 0 Å². The van der Waals surface area contributed by atoms with Gasteiger partial charge in [0.05, 0.1) is 36.7 Å². The molecule has 1 N–H and O–H groups in total. The molecule has 4 heterocycles. The predicted molar refractivity (Wildman–Crippen MR) is 214 cm³/mol. The van der Waals surface area contributed by atoms with E-state index < -0.39 is 94.3 Å². The fraction of sp³-hybridized carbons (Fsp3) is 0.429. The SMILES string of the molecule is CC(F)(F)c1nc(N2CCC(c3cc(Cl)c(Cl)c(Cl)c3)(C(F)(F)F)C2)sc1C(=O)O.CCOC(=O)c1sc(N2CCC(c3cc(Cl)c(Cl)c(Cl)c3)(C(F)(F)F)C2)nc1C(F)(F)F. The standard InChI is InChI=1S/C18H13Cl3F6N2O2S.C17H12Cl3F5N2O2S/c1-2-31-14(30)12-13(17(22,23)24)28-15(32-12)29-4-3-16(7-29,18(25,26)27)8-5-9(19)11(21)10(20)6-8;1-15(21,22)12-11(13(28)29)30-14(26-12)27-3-2-16(6-27,17(23,24)25)7-4-8(18)10(20)9(19)5-7/h5-6H,2-4,7H2,1H3;4-5H,2-3,6H2,1H3,(H,28,29). The Balaban J connectivity index is 0.000000235. The Morgan fingerprint density at radius 2 is 1.06 bits per heavy atom. The zero-order valence-electron chi connectivity index (χ0n) is 31.0. The highest BCUT2D eigenvalue weighted by atomic mass is 35.5. The number of hydrogen-bond donors (Lipinski definition) is 1. The number of carbonyl (C=O) groups excluding carboxylic acids is 1. The Kier molecular flexibility index (Phi) is 14.5. The molecular formula is C35H25Cl6F11N4O4S2. The largest absolute Gasteiger partial charge is 0.477 e. The molecule has 2 saturated heterocycles. The van der Waals surface area contributed by atoms with Gasteiger partial charge in [-0.1, -0.05) is 92.3 Å². The van der Waals surface area contributed by atoms with Crippen molar-refractivity contribution in [3.05, 3.63) is 86.7 Å². The molecule has 0 bridgehead atoms. The van der Waals surface area contributed by atoms with Gasteiger partial charge in [-0.2, -0.15) is 48.3 Å². The van der Waals surface area contributed by atoms with Gasteiger partial charge in [0.15, 0.2) is 16.0 Å². The van der Waals surface area contributed by atoms with Gasteiger partial charge in [-0.25, -0.2) is 19.6 Å². The lowest BCUT2D eigenvalue weighted by Crippen LogP contribution is -2.44. The van der Waals surface area contributed by atoms with Gasteiger partial charge in [-0.05, 0) is 55.2 Å². The summed E-state index contributed by atoms with van der Waals surface area (Å²) in [4.78, 5) is 31.0. The fourth-order valence-electron chi connectivity index (χ4n) is 6.73. The van der Waals surface area contributed by atoms with E-state index in [1.54, 1.807) is 0 Å². The summed E-state index contributed by atoms with van der Waals surface area (Å²) in [7, 11) is 0. The maximum Gasteiger partial charge on any atom is 0.435 e. The number of thiazole rings is 2. The normalized spacial score (nSPS) is 19.8. The predicted octanol–water partition coefficient (Wildman–Crippen LogP) is 13.6. The highest BCUT2D eigenvalue weighted by molar-refractivity contribution is 7.18. The lowest BCUT2D eigenvalue weighted by atomic mass is 9.79. The Labute approximate surface area is 381 Å². The highest BCUT2D eigenvalue weighted by Gasteiger charge is 2.61. The fourth-order valence-corrected chi connectivity index (χ4v) is 9.94. The molecule has 2 unspecified atom stereocenters. The van der Waals surface area contributed by atoms with Gasteiger partial charge in [0.25, 0.3) is 5.92 Å². The van der Waals surface area contributed by atoms with Gasteiger partial charge in [0.1, 0.15) is 26.3 Å². The summed E-state index contributed by atoms with van der Waals surface area (Å²) in [6.07, 6.45) is -15.5. The number of alkyl halides is 11. The maximum atomic E-state index is 14.2. The van der Waals surface area contributed by atoms with Crippen LogP contribution in [0.4, 0.5) is 58.6 Å². The van der Waals surface area contributed by atoms with E-state index in [4.69, 9.17) is 69.6 Å². The molecule has 2 aromatic carbocycles. The Hall–Kier alpha value is -2.79. The van der Waals surface area contributed by atoms with E-state index in [0.717, 1.165) is 34.1 Å². The summed E-state index contributed by atoms with van der Waals surface area (Å²) in [6.45, 7) is -0.191. The van der Waals surface area contributed by atoms with Crippen LogP contribution in [0, 0.1) is 0 Å². The number of nitrogens with zero attached hydrogens (tertiary/aromatic N) is 4. The van der Waals surface area contributed by atoms with Gasteiger partial charge in [0, 0.05) is 33.1 Å². The van der Waals surface area contributed by atoms with Crippen LogP contribution in [0.1, 0.15) is 68.5 Å². The third kappa shape index (κ3) is 9.74. The van der Waals surface area contributed by atoms with E-state index in [2.05, 4.69) is 14.7 Å². The lowest BCUT2D eigenvalue weighted by Gasteiger charge is -2.32. The molecule has 0 aliphatic carbocycles. The van der Waals surface area contributed by atoms with Crippen molar-refractivity contribution in [3.8, 4) is 0 Å². The zero-order chi connectivity index (χ0) is 46.7. The van der Waals surface area contributed by atoms with Crippen molar-refractivity contribution in [1.82, 2.24) is 9.97 Å². The van der Waals surface area contributed by atoms with Crippen LogP contribution in [0.5, 0.6) is 0 Å². The van der Waals surface area contributed by atoms with Crippen LogP contribution in [0.3, 0.4) is 0 Å². The molecule has 0 amide bonds. The minimum absolute atomic E-state index is 0.0879. The van der Waals surface area contributed by atoms with Crippen LogP contribution in [0.2, 0.25) is 30.1 Å². The molecule has 0 radical (unpaired) electrons. The van der Waals surface area contributed by atoms with E-state index in [1.807, 2.05) is 0 Å². The third-order valence-electron chi connectivity index (χ3n) is 9.81. The summed E-state index contributed by atoms with van der Waals surface area (Å²) in [5.74, 6) is -6.45. The van der Waals surface area contributed by atoms with Crippen LogP contribution in [-0.4, -0.2) is 72.2 Å². The number of rotatable bonds is 8. The highest BCUT2D eigenvalue weighted by Crippen LogP contribution is 2.53. The number of aromatic carboxylic acids is 1. The molecule has 62 heavy (non-hydrogen) atoms. The number of benzene rings is 2. The molecule has 6 rings (SSSR count). The number of aromatic nitrogens is 2. The van der Waals surface area contributed by atoms with Crippen LogP contribution in [0.15, 0.2) is 24.3 Å². The molecule has 4 aromatic rings. The van der Waals surface area contributed by atoms with Crippen molar-refractivity contribution in [3.63, 3.8) is 0 Å². The Morgan fingerprint density at radius 3 is 1.37 bits per heavy atom. The van der Waals surface area contributed by atoms with Crippen molar-refractivity contribution < 1.29 is 67.7 Å². The molecule has 2 aromatic heterocycles. The molecule has 340 valence electrons. The quantitative estimate of drug-likeness (QED) is 0.106. The molecule has 2 aliphatic heterocycles. The van der Waals surface area contributed by atoms with E-state index in [-0.39, 0.29) is 71.2 Å². The number of ether oxygens (including phenoxy) is 1. The molecule has 27 heteroatoms. The first-order valence-electron chi connectivity index (χ1n) is 17.2. The molecule has 2 atom stereocenters. The van der Waals surface area contributed by atoms with Crippen LogP contribution in [-0.2, 0) is 27.7 Å². The lowest BCUT2D eigenvalue weighted by molar-refractivity contribution is -0.185. The van der Waals surface area contributed by atoms with Gasteiger partial charge in [-0.15, -0.1) is 0 Å². The number of carbonyl (C=O) groups is 2. The minimum atomic E-state index is -4.99. The molecule has 2 aliphatic rings. The topological polar surface area (TPSA) is 95.9 Å². The number of anilines is 2. The summed E-state index contributed by atoms with van der Waals surface area (Å²) in [6, 6.07) is 4.23. The summed E-state index contributed by atoms with van der Waals surface area (Å²) < 4.78 is 158. The minimum Gasteiger partial charge on any atom is -0.477 e. The van der Waals surface area contributed by atoms with Crippen molar-refractivity contribution in [2.45, 2.75) is 62.0 Å². The molecule has 8 nitrogen and oxygen atoms in total. The molecular weight excluding hydrogens is 1030 g/mol. The summed E-state index contributed by atoms with van der Waals surface area (Å²) in [5.41, 5.74) is -7.90. The molecule has 0 saturated carbocycles. The van der Waals surface area contributed by atoms with Gasteiger partial charge in [-0.3, -0.25) is 0 Å². The first-order valence-corrected chi connectivity index (χ1v) is 21.1. The van der Waals surface area contributed by atoms with Crippen molar-refractivity contribution in [2.24, 2.45) is 0 Å². The second-order valence-electron chi connectivity index (χ2n) is 13.8. The number of carboxylic acid groups (broad SMARTS) is 1. The zero-order valence-corrected chi connectivity index (χ0v) is 37.1.